The van der Waals surface area contributed by atoms with E-state index in [-0.39, 0.29) is 0 Å². The molecule has 0 aromatic heterocycles. The van der Waals surface area contributed by atoms with Crippen molar-refractivity contribution in [3.05, 3.63) is 86.5 Å². The Balaban J connectivity index is 0.00000115. The minimum absolute atomic E-state index is 1.04. The van der Waals surface area contributed by atoms with Crippen molar-refractivity contribution < 1.29 is 22.7 Å². The molecule has 1 aliphatic rings. The molecule has 1 aliphatic heterocycles. The first-order valence-corrected chi connectivity index (χ1v) is 27.3. The van der Waals surface area contributed by atoms with Gasteiger partial charge in [-0.15, -0.1) is 0 Å². The number of allylic oxidation sites excluding steroid dienone is 2. The molecule has 0 saturated heterocycles. The fourth-order valence-electron chi connectivity index (χ4n) is 8.18. The van der Waals surface area contributed by atoms with Crippen LogP contribution in [0.1, 0.15) is 249 Å². The third-order valence-corrected chi connectivity index (χ3v) is 14.0. The van der Waals surface area contributed by atoms with E-state index in [1.54, 1.807) is 4.70 Å². The van der Waals surface area contributed by atoms with E-state index in [4.69, 9.17) is 0 Å². The Morgan fingerprint density at radius 3 is 0.983 bits per heavy atom. The summed E-state index contributed by atoms with van der Waals surface area (Å²) in [5, 5.41) is 0. The van der Waals surface area contributed by atoms with Gasteiger partial charge in [-0.05, 0) is 124 Å². The molecule has 0 N–H and O–H groups in total. The Hall–Kier alpha value is -1.82. The van der Waals surface area contributed by atoms with Crippen LogP contribution in [0, 0.1) is 0 Å². The molecule has 0 atom stereocenters. The first-order chi connectivity index (χ1) is 28.4. The summed E-state index contributed by atoms with van der Waals surface area (Å²) in [6.45, 7) is 18.3. The molecule has 332 valence electrons. The van der Waals surface area contributed by atoms with Crippen molar-refractivity contribution in [2.45, 2.75) is 251 Å². The number of aryl methyl sites for hydroxylation is 4. The summed E-state index contributed by atoms with van der Waals surface area (Å²) in [4.78, 5) is 3.01. The van der Waals surface area contributed by atoms with Gasteiger partial charge in [0.15, 0.2) is 0 Å². The van der Waals surface area contributed by atoms with Crippen LogP contribution in [0.3, 0.4) is 0 Å². The third-order valence-electron chi connectivity index (χ3n) is 11.8. The van der Waals surface area contributed by atoms with Gasteiger partial charge in [-0.2, -0.15) is 0 Å². The molecule has 0 fully saturated rings. The van der Waals surface area contributed by atoms with Gasteiger partial charge in [0.25, 0.3) is 0 Å². The number of hydrogen-bond acceptors (Lipinski definition) is 0. The molecule has 0 unspecified atom stereocenters. The molecular weight excluding hydrogens is 795 g/mol. The predicted octanol–water partition coefficient (Wildman–Crippen LogP) is 18.8. The van der Waals surface area contributed by atoms with Gasteiger partial charge in [-0.25, -0.2) is 4.70 Å². The maximum absolute atomic E-state index is 12.6. The van der Waals surface area contributed by atoms with Crippen LogP contribution in [-0.2, 0) is 43.7 Å². The third kappa shape index (κ3) is 20.2. The number of benzene rings is 2. The van der Waals surface area contributed by atoms with Crippen molar-refractivity contribution in [2.75, 3.05) is 0 Å². The molecule has 2 nitrogen and oxygen atoms in total. The van der Waals surface area contributed by atoms with E-state index in [2.05, 4.69) is 91.8 Å². The fourth-order valence-corrected chi connectivity index (χ4v) is 10.4. The van der Waals surface area contributed by atoms with Gasteiger partial charge in [-0.1, -0.05) is 137 Å². The molecule has 0 radical (unpaired) electrons. The monoisotopic (exact) mass is 887 g/mol. The van der Waals surface area contributed by atoms with Crippen molar-refractivity contribution in [1.29, 1.82) is 0 Å². The topological polar surface area (TPSA) is 25.3 Å². The first kappa shape index (κ1) is 52.3. The van der Waals surface area contributed by atoms with Crippen molar-refractivity contribution >= 4 is 11.4 Å². The summed E-state index contributed by atoms with van der Waals surface area (Å²) < 4.78 is 1.68. The second kappa shape index (κ2) is 33.8. The van der Waals surface area contributed by atoms with Crippen LogP contribution in [0.25, 0.3) is 16.9 Å². The Kier molecular flexibility index (Phi) is 30.5. The molecule has 2 aromatic carbocycles. The van der Waals surface area contributed by atoms with Gasteiger partial charge in [0, 0.05) is 22.3 Å². The van der Waals surface area contributed by atoms with E-state index in [1.165, 1.54) is 202 Å². The molecule has 1 heterocycles. The quantitative estimate of drug-likeness (QED) is 0.0388. The van der Waals surface area contributed by atoms with E-state index in [0.717, 1.165) is 67.9 Å². The average molecular weight is 888 g/mol. The van der Waals surface area contributed by atoms with E-state index in [9.17, 15) is 5.53 Å². The summed E-state index contributed by atoms with van der Waals surface area (Å²) in [5.74, 6) is 0. The van der Waals surface area contributed by atoms with Gasteiger partial charge >= 0.3 is 67.3 Å². The van der Waals surface area contributed by atoms with Gasteiger partial charge in [0.2, 0.25) is 11.4 Å². The van der Waals surface area contributed by atoms with E-state index >= 15 is 0 Å². The summed E-state index contributed by atoms with van der Waals surface area (Å²) in [6.07, 6.45) is 35.9. The zero-order valence-electron chi connectivity index (χ0n) is 39.6. The number of unbranched alkanes of at least 4 members (excludes halogenated alkanes) is 15. The zero-order chi connectivity index (χ0) is 42.2. The molecule has 3 heteroatoms. The SMILES string of the molecule is CCCCCCC1=C(c2cc(CCCC)cc(CCCCCC)c2)[N+](=[N-])C(c2cc(CCCC)cc(CCCCCC)c2)=C1CCCCC.CCC[CH2][Pd][CH2]CCC. The molecular formula is C55H92N2Pd. The maximum atomic E-state index is 12.6. The van der Waals surface area contributed by atoms with E-state index in [1.807, 2.05) is 0 Å². The van der Waals surface area contributed by atoms with Gasteiger partial charge in [-0.3, -0.25) is 0 Å². The van der Waals surface area contributed by atoms with Crippen molar-refractivity contribution in [1.82, 2.24) is 0 Å². The van der Waals surface area contributed by atoms with Crippen LogP contribution < -0.4 is 0 Å². The average Bonchev–Trinajstić information content (AvgIpc) is 3.51. The summed E-state index contributed by atoms with van der Waals surface area (Å²) in [5.41, 5.74) is 25.8. The Morgan fingerprint density at radius 2 is 0.638 bits per heavy atom. The fraction of sp³-hybridized carbons (Fsp3) is 0.709. The Morgan fingerprint density at radius 1 is 0.345 bits per heavy atom. The van der Waals surface area contributed by atoms with Crippen LogP contribution in [0.15, 0.2) is 47.5 Å². The van der Waals surface area contributed by atoms with Crippen LogP contribution in [0.5, 0.6) is 0 Å². The molecule has 0 aliphatic carbocycles. The second-order valence-electron chi connectivity index (χ2n) is 17.3. The standard InChI is InChI=1S/C47H74N2.2C4H9.Pd/c1-7-13-19-23-28-40-32-38(26-17-11-5)34-42(36-40)46-44(30-22-16-10-4)45(31-25-21-15-9-3)47(49(46)48)43-35-39(27-18-12-6)33-41(37-43)29-24-20-14-8-2;2*1-3-4-2;/h32-37H,7-31H2,1-6H3;2*1,3-4H2,2H3;. The molecule has 0 bridgehead atoms. The second-order valence-corrected chi connectivity index (χ2v) is 19.7. The Bertz CT molecular complexity index is 1440. The van der Waals surface area contributed by atoms with Crippen LogP contribution >= 0.6 is 0 Å². The summed E-state index contributed by atoms with van der Waals surface area (Å²) >= 11 is 1.07. The Labute approximate surface area is 370 Å². The van der Waals surface area contributed by atoms with Gasteiger partial charge in [0.1, 0.15) is 0 Å². The van der Waals surface area contributed by atoms with Gasteiger partial charge in [0.05, 0.1) is 0 Å². The summed E-state index contributed by atoms with van der Waals surface area (Å²) in [6, 6.07) is 14.7. The number of nitrogens with zero attached hydrogens (tertiary/aromatic N) is 2. The normalized spacial score (nSPS) is 12.9. The van der Waals surface area contributed by atoms with Crippen molar-refractivity contribution in [3.8, 4) is 0 Å². The van der Waals surface area contributed by atoms with E-state index < -0.39 is 0 Å². The van der Waals surface area contributed by atoms with Crippen LogP contribution in [0.4, 0.5) is 0 Å². The first-order valence-electron chi connectivity index (χ1n) is 25.1. The van der Waals surface area contributed by atoms with Crippen molar-refractivity contribution in [3.63, 3.8) is 0 Å². The van der Waals surface area contributed by atoms with E-state index in [0.29, 0.717) is 0 Å². The van der Waals surface area contributed by atoms with Crippen LogP contribution in [-0.4, -0.2) is 4.70 Å². The molecule has 58 heavy (non-hydrogen) atoms. The van der Waals surface area contributed by atoms with Crippen LogP contribution in [0.2, 0.25) is 9.79 Å². The predicted molar refractivity (Wildman–Crippen MR) is 256 cm³/mol. The molecule has 2 aromatic rings. The van der Waals surface area contributed by atoms with Gasteiger partial charge < -0.3 is 5.53 Å². The molecule has 0 spiro atoms. The number of hydrogen-bond donors (Lipinski definition) is 0. The molecule has 0 amide bonds. The minimum atomic E-state index is 1.04. The van der Waals surface area contributed by atoms with Crippen molar-refractivity contribution in [2.24, 2.45) is 0 Å². The molecule has 0 saturated carbocycles. The number of rotatable bonds is 33. The molecule has 3 rings (SSSR count). The zero-order valence-corrected chi connectivity index (χ0v) is 41.1. The summed E-state index contributed by atoms with van der Waals surface area (Å²) in [7, 11) is 0.